The minimum Gasteiger partial charge on any atom is -0.355 e. The van der Waals surface area contributed by atoms with E-state index in [1.54, 1.807) is 0 Å². The Balaban J connectivity index is 0.00000341. The Morgan fingerprint density at radius 1 is 1.03 bits per heavy atom. The molecule has 1 aromatic carbocycles. The fourth-order valence-electron chi connectivity index (χ4n) is 3.74. The van der Waals surface area contributed by atoms with E-state index >= 15 is 0 Å². The van der Waals surface area contributed by atoms with Gasteiger partial charge in [-0.15, -0.1) is 12.4 Å². The summed E-state index contributed by atoms with van der Waals surface area (Å²) in [7, 11) is 1.47. The molecule has 2 N–H and O–H groups in total. The summed E-state index contributed by atoms with van der Waals surface area (Å²) in [5.74, 6) is -0.776. The smallest absolute Gasteiger partial charge is 0.263 e. The van der Waals surface area contributed by atoms with E-state index in [1.807, 2.05) is 30.3 Å². The summed E-state index contributed by atoms with van der Waals surface area (Å²) >= 11 is 0. The number of rotatable bonds is 8. The summed E-state index contributed by atoms with van der Waals surface area (Å²) in [6, 6.07) is 10.9. The summed E-state index contributed by atoms with van der Waals surface area (Å²) < 4.78 is 1.42. The molecule has 0 aliphatic carbocycles. The van der Waals surface area contributed by atoms with Gasteiger partial charge in [-0.3, -0.25) is 14.4 Å². The predicted octanol–water partition coefficient (Wildman–Crippen LogP) is 2.28. The lowest BCUT2D eigenvalue weighted by atomic mass is 10.1. The van der Waals surface area contributed by atoms with Crippen LogP contribution in [0.1, 0.15) is 52.0 Å². The number of pyridine rings is 1. The van der Waals surface area contributed by atoms with E-state index in [4.69, 9.17) is 0 Å². The van der Waals surface area contributed by atoms with Crippen LogP contribution in [0.15, 0.2) is 47.4 Å². The number of nitrogens with one attached hydrogen (secondary N) is 2. The number of amides is 2. The van der Waals surface area contributed by atoms with E-state index in [1.165, 1.54) is 43.1 Å². The van der Waals surface area contributed by atoms with Crippen LogP contribution in [0.2, 0.25) is 0 Å². The maximum absolute atomic E-state index is 12.7. The summed E-state index contributed by atoms with van der Waals surface area (Å²) in [4.78, 5) is 40.1. The molecule has 8 heteroatoms. The van der Waals surface area contributed by atoms with Crippen molar-refractivity contribution >= 4 is 24.2 Å². The van der Waals surface area contributed by atoms with Crippen LogP contribution in [-0.2, 0) is 6.54 Å². The van der Waals surface area contributed by atoms with Crippen molar-refractivity contribution in [2.45, 2.75) is 32.2 Å². The van der Waals surface area contributed by atoms with Crippen molar-refractivity contribution in [3.8, 4) is 0 Å². The van der Waals surface area contributed by atoms with Crippen molar-refractivity contribution in [2.24, 2.45) is 0 Å². The average molecular weight is 447 g/mol. The summed E-state index contributed by atoms with van der Waals surface area (Å²) in [6.45, 7) is 4.08. The van der Waals surface area contributed by atoms with Crippen LogP contribution in [0, 0.1) is 0 Å². The van der Waals surface area contributed by atoms with Crippen molar-refractivity contribution in [2.75, 3.05) is 33.2 Å². The molecule has 1 aromatic heterocycles. The van der Waals surface area contributed by atoms with Crippen LogP contribution in [-0.4, -0.2) is 54.5 Å². The van der Waals surface area contributed by atoms with Crippen LogP contribution >= 0.6 is 12.4 Å². The van der Waals surface area contributed by atoms with Gasteiger partial charge in [0.1, 0.15) is 5.56 Å². The number of carbonyl (C=O) groups is 2. The number of likely N-dealkylation sites (tertiary alicyclic amines) is 1. The van der Waals surface area contributed by atoms with E-state index in [9.17, 15) is 14.4 Å². The highest BCUT2D eigenvalue weighted by atomic mass is 35.5. The molecule has 1 saturated heterocycles. The standard InChI is InChI=1S/C23H30N4O3.ClH/c1-24-22(29)20-15-19(17-27(23(20)30)16-18-9-4-2-5-10-18)21(28)25-11-8-14-26-12-6-3-7-13-26;/h2,4-5,9-10,15,17H,3,6-8,11-14,16H2,1H3,(H,24,29)(H,25,28);1H. The Morgan fingerprint density at radius 2 is 1.74 bits per heavy atom. The molecule has 0 unspecified atom stereocenters. The van der Waals surface area contributed by atoms with E-state index in [2.05, 4.69) is 15.5 Å². The van der Waals surface area contributed by atoms with Crippen LogP contribution in [0.5, 0.6) is 0 Å². The van der Waals surface area contributed by atoms with Gasteiger partial charge in [0.05, 0.1) is 12.1 Å². The first kappa shape index (κ1) is 24.6. The normalized spacial score (nSPS) is 13.8. The number of benzene rings is 1. The lowest BCUT2D eigenvalue weighted by Gasteiger charge is -2.26. The largest absolute Gasteiger partial charge is 0.355 e. The van der Waals surface area contributed by atoms with Gasteiger partial charge in [-0.2, -0.15) is 0 Å². The topological polar surface area (TPSA) is 83.4 Å². The molecule has 0 atom stereocenters. The number of nitrogens with zero attached hydrogens (tertiary/aromatic N) is 2. The second kappa shape index (κ2) is 12.3. The second-order valence-corrected chi connectivity index (χ2v) is 7.65. The van der Waals surface area contributed by atoms with Gasteiger partial charge in [0.2, 0.25) is 0 Å². The highest BCUT2D eigenvalue weighted by molar-refractivity contribution is 5.99. The Hall–Kier alpha value is -2.64. The molecule has 7 nitrogen and oxygen atoms in total. The third-order valence-electron chi connectivity index (χ3n) is 5.40. The molecule has 0 saturated carbocycles. The molecule has 2 aromatic rings. The highest BCUT2D eigenvalue weighted by Gasteiger charge is 2.17. The lowest BCUT2D eigenvalue weighted by Crippen LogP contribution is -2.35. The highest BCUT2D eigenvalue weighted by Crippen LogP contribution is 2.09. The first-order valence-electron chi connectivity index (χ1n) is 10.6. The van der Waals surface area contributed by atoms with Crippen LogP contribution < -0.4 is 16.2 Å². The number of halogens is 1. The summed E-state index contributed by atoms with van der Waals surface area (Å²) in [5.41, 5.74) is 0.776. The maximum atomic E-state index is 12.7. The number of hydrogen-bond donors (Lipinski definition) is 2. The molecule has 1 aliphatic heterocycles. The third-order valence-corrected chi connectivity index (χ3v) is 5.40. The molecule has 2 heterocycles. The molecule has 168 valence electrons. The summed E-state index contributed by atoms with van der Waals surface area (Å²) in [6.07, 6.45) is 6.20. The van der Waals surface area contributed by atoms with E-state index in [0.717, 1.165) is 31.6 Å². The molecule has 3 rings (SSSR count). The molecule has 31 heavy (non-hydrogen) atoms. The first-order valence-corrected chi connectivity index (χ1v) is 10.6. The zero-order chi connectivity index (χ0) is 21.3. The van der Waals surface area contributed by atoms with Gasteiger partial charge >= 0.3 is 0 Å². The molecular formula is C23H31ClN4O3. The summed E-state index contributed by atoms with van der Waals surface area (Å²) in [5, 5.41) is 5.40. The fraction of sp³-hybridized carbons (Fsp3) is 0.435. The molecule has 1 fully saturated rings. The molecule has 0 radical (unpaired) electrons. The van der Waals surface area contributed by atoms with E-state index < -0.39 is 11.5 Å². The SMILES string of the molecule is CNC(=O)c1cc(C(=O)NCCCN2CCCCC2)cn(Cc2ccccc2)c1=O.Cl. The Kier molecular flexibility index (Phi) is 9.75. The Bertz CT molecular complexity index is 924. The molecule has 2 amide bonds. The monoisotopic (exact) mass is 446 g/mol. The van der Waals surface area contributed by atoms with Gasteiger partial charge in [0.25, 0.3) is 17.4 Å². The quantitative estimate of drug-likeness (QED) is 0.609. The van der Waals surface area contributed by atoms with Gasteiger partial charge in [-0.05, 0) is 50.5 Å². The van der Waals surface area contributed by atoms with Gasteiger partial charge in [-0.25, -0.2) is 0 Å². The third kappa shape index (κ3) is 6.94. The van der Waals surface area contributed by atoms with Crippen LogP contribution in [0.25, 0.3) is 0 Å². The molecule has 0 bridgehead atoms. The molecule has 1 aliphatic rings. The Labute approximate surface area is 189 Å². The van der Waals surface area contributed by atoms with Crippen molar-refractivity contribution in [3.05, 3.63) is 69.6 Å². The predicted molar refractivity (Wildman–Crippen MR) is 124 cm³/mol. The van der Waals surface area contributed by atoms with Crippen molar-refractivity contribution < 1.29 is 9.59 Å². The fourth-order valence-corrected chi connectivity index (χ4v) is 3.74. The van der Waals surface area contributed by atoms with Gasteiger partial charge in [0, 0.05) is 19.8 Å². The molecular weight excluding hydrogens is 416 g/mol. The Morgan fingerprint density at radius 3 is 2.42 bits per heavy atom. The van der Waals surface area contributed by atoms with Crippen LogP contribution in [0.4, 0.5) is 0 Å². The first-order chi connectivity index (χ1) is 14.6. The lowest BCUT2D eigenvalue weighted by molar-refractivity contribution is 0.0950. The van der Waals surface area contributed by atoms with Gasteiger partial charge < -0.3 is 20.1 Å². The average Bonchev–Trinajstić information content (AvgIpc) is 2.78. The van der Waals surface area contributed by atoms with E-state index in [-0.39, 0.29) is 23.9 Å². The van der Waals surface area contributed by atoms with Crippen molar-refractivity contribution in [1.29, 1.82) is 0 Å². The zero-order valence-electron chi connectivity index (χ0n) is 17.9. The second-order valence-electron chi connectivity index (χ2n) is 7.65. The van der Waals surface area contributed by atoms with Crippen molar-refractivity contribution in [1.82, 2.24) is 20.1 Å². The van der Waals surface area contributed by atoms with E-state index in [0.29, 0.717) is 18.7 Å². The number of hydrogen-bond acceptors (Lipinski definition) is 4. The maximum Gasteiger partial charge on any atom is 0.263 e. The van der Waals surface area contributed by atoms with Crippen molar-refractivity contribution in [3.63, 3.8) is 0 Å². The minimum absolute atomic E-state index is 0. The van der Waals surface area contributed by atoms with Gasteiger partial charge in [0.15, 0.2) is 0 Å². The number of carbonyl (C=O) groups excluding carboxylic acids is 2. The minimum atomic E-state index is -0.499. The number of aromatic nitrogens is 1. The van der Waals surface area contributed by atoms with Crippen LogP contribution in [0.3, 0.4) is 0 Å². The molecule has 0 spiro atoms. The zero-order valence-corrected chi connectivity index (χ0v) is 18.7. The van der Waals surface area contributed by atoms with Gasteiger partial charge in [-0.1, -0.05) is 36.8 Å². The number of piperidine rings is 1.